The fraction of sp³-hybridized carbons (Fsp3) is 0.500. The predicted octanol–water partition coefficient (Wildman–Crippen LogP) is 2.13. The second-order valence-corrected chi connectivity index (χ2v) is 5.75. The molecular formula is C16H21N3O2. The number of oxime groups is 1. The van der Waals surface area contributed by atoms with E-state index in [0.29, 0.717) is 19.0 Å². The van der Waals surface area contributed by atoms with Crippen LogP contribution in [0, 0.1) is 0 Å². The molecule has 21 heavy (non-hydrogen) atoms. The van der Waals surface area contributed by atoms with Gasteiger partial charge in [-0.3, -0.25) is 4.79 Å². The zero-order valence-corrected chi connectivity index (χ0v) is 12.1. The minimum absolute atomic E-state index is 0.135. The summed E-state index contributed by atoms with van der Waals surface area (Å²) in [5.41, 5.74) is 2.76. The van der Waals surface area contributed by atoms with Crippen LogP contribution in [-0.2, 0) is 4.79 Å². The summed E-state index contributed by atoms with van der Waals surface area (Å²) < 4.78 is 0. The molecule has 1 aromatic rings. The van der Waals surface area contributed by atoms with Gasteiger partial charge in [0.15, 0.2) is 0 Å². The third kappa shape index (κ3) is 3.35. The highest BCUT2D eigenvalue weighted by molar-refractivity contribution is 6.05. The van der Waals surface area contributed by atoms with E-state index in [1.54, 1.807) is 0 Å². The lowest BCUT2D eigenvalue weighted by Crippen LogP contribution is -2.32. The van der Waals surface area contributed by atoms with Gasteiger partial charge in [0, 0.05) is 36.8 Å². The maximum absolute atomic E-state index is 11.9. The lowest BCUT2D eigenvalue weighted by atomic mass is 10.1. The minimum atomic E-state index is 0.135. The predicted molar refractivity (Wildman–Crippen MR) is 82.0 cm³/mol. The van der Waals surface area contributed by atoms with Crippen LogP contribution < -0.4 is 10.2 Å². The van der Waals surface area contributed by atoms with E-state index in [4.69, 9.17) is 0 Å². The lowest BCUT2D eigenvalue weighted by Gasteiger charge is -2.24. The van der Waals surface area contributed by atoms with Crippen molar-refractivity contribution < 1.29 is 10.0 Å². The first-order valence-corrected chi connectivity index (χ1v) is 7.62. The van der Waals surface area contributed by atoms with Crippen molar-refractivity contribution in [1.29, 1.82) is 0 Å². The largest absolute Gasteiger partial charge is 0.411 e. The smallest absolute Gasteiger partial charge is 0.221 e. The molecule has 1 amide bonds. The Morgan fingerprint density at radius 2 is 2.19 bits per heavy atom. The van der Waals surface area contributed by atoms with Crippen molar-refractivity contribution in [3.63, 3.8) is 0 Å². The molecule has 1 aromatic carbocycles. The molecule has 0 bridgehead atoms. The fourth-order valence-electron chi connectivity index (χ4n) is 2.79. The highest BCUT2D eigenvalue weighted by Crippen LogP contribution is 2.26. The van der Waals surface area contributed by atoms with Crippen molar-refractivity contribution >= 4 is 17.3 Å². The summed E-state index contributed by atoms with van der Waals surface area (Å²) in [5, 5.41) is 15.6. The van der Waals surface area contributed by atoms with Gasteiger partial charge in [-0.25, -0.2) is 0 Å². The zero-order chi connectivity index (χ0) is 14.7. The molecule has 5 nitrogen and oxygen atoms in total. The molecule has 1 aliphatic heterocycles. The number of carbonyl (C=O) groups excluding carboxylic acids is 1. The fourth-order valence-corrected chi connectivity index (χ4v) is 2.79. The van der Waals surface area contributed by atoms with Crippen LogP contribution in [-0.4, -0.2) is 36.0 Å². The number of nitrogens with zero attached hydrogens (tertiary/aromatic N) is 2. The average molecular weight is 287 g/mol. The van der Waals surface area contributed by atoms with Gasteiger partial charge in [0.2, 0.25) is 5.91 Å². The molecule has 0 radical (unpaired) electrons. The quantitative estimate of drug-likeness (QED) is 0.658. The van der Waals surface area contributed by atoms with Crippen LogP contribution >= 0.6 is 0 Å². The van der Waals surface area contributed by atoms with Gasteiger partial charge in [-0.1, -0.05) is 23.4 Å². The maximum Gasteiger partial charge on any atom is 0.221 e. The first-order chi connectivity index (χ1) is 10.3. The summed E-state index contributed by atoms with van der Waals surface area (Å²) in [4.78, 5) is 14.1. The van der Waals surface area contributed by atoms with Gasteiger partial charge in [-0.05, 0) is 31.7 Å². The molecule has 2 aliphatic rings. The van der Waals surface area contributed by atoms with E-state index in [1.807, 2.05) is 24.3 Å². The van der Waals surface area contributed by atoms with E-state index in [9.17, 15) is 10.0 Å². The Morgan fingerprint density at radius 1 is 1.38 bits per heavy atom. The van der Waals surface area contributed by atoms with E-state index in [2.05, 4.69) is 15.4 Å². The Labute approximate surface area is 124 Å². The Hall–Kier alpha value is -2.04. The summed E-state index contributed by atoms with van der Waals surface area (Å²) in [6, 6.07) is 8.36. The molecule has 1 aliphatic carbocycles. The topological polar surface area (TPSA) is 64.9 Å². The number of para-hydroxylation sites is 1. The van der Waals surface area contributed by atoms with Crippen LogP contribution in [0.3, 0.4) is 0 Å². The van der Waals surface area contributed by atoms with Crippen LogP contribution in [0.4, 0.5) is 5.69 Å². The van der Waals surface area contributed by atoms with Gasteiger partial charge in [0.05, 0.1) is 5.71 Å². The highest BCUT2D eigenvalue weighted by atomic mass is 16.4. The summed E-state index contributed by atoms with van der Waals surface area (Å²) in [6.07, 6.45) is 4.44. The van der Waals surface area contributed by atoms with Gasteiger partial charge in [-0.2, -0.15) is 0 Å². The number of rotatable bonds is 4. The molecule has 3 rings (SSSR count). The first kappa shape index (κ1) is 13.9. The molecule has 2 N–H and O–H groups in total. The molecule has 112 valence electrons. The van der Waals surface area contributed by atoms with Gasteiger partial charge >= 0.3 is 0 Å². The van der Waals surface area contributed by atoms with E-state index in [-0.39, 0.29) is 5.91 Å². The van der Waals surface area contributed by atoms with E-state index in [0.717, 1.165) is 49.2 Å². The van der Waals surface area contributed by atoms with Gasteiger partial charge < -0.3 is 15.4 Å². The number of hydrogen-bond acceptors (Lipinski definition) is 4. The molecule has 5 heteroatoms. The summed E-state index contributed by atoms with van der Waals surface area (Å²) >= 11 is 0. The van der Waals surface area contributed by atoms with Crippen molar-refractivity contribution in [3.8, 4) is 0 Å². The standard InChI is InChI=1S/C16H21N3O2/c20-16(17-12-7-8-12)9-11-19-10-3-5-14(18-21)13-4-1-2-6-15(13)19/h1-2,4,6,12,21H,3,5,7-11H2,(H,17,20)/b18-14-. The zero-order valence-electron chi connectivity index (χ0n) is 12.1. The van der Waals surface area contributed by atoms with E-state index >= 15 is 0 Å². The van der Waals surface area contributed by atoms with E-state index in [1.165, 1.54) is 0 Å². The van der Waals surface area contributed by atoms with Crippen LogP contribution in [0.15, 0.2) is 29.4 Å². The van der Waals surface area contributed by atoms with Crippen molar-refractivity contribution in [2.75, 3.05) is 18.0 Å². The third-order valence-corrected chi connectivity index (χ3v) is 4.07. The lowest BCUT2D eigenvalue weighted by molar-refractivity contribution is -0.121. The number of hydrogen-bond donors (Lipinski definition) is 2. The van der Waals surface area contributed by atoms with Gasteiger partial charge in [0.25, 0.3) is 0 Å². The number of fused-ring (bicyclic) bond motifs is 1. The van der Waals surface area contributed by atoms with E-state index < -0.39 is 0 Å². The molecule has 0 aromatic heterocycles. The van der Waals surface area contributed by atoms with Crippen molar-refractivity contribution in [3.05, 3.63) is 29.8 Å². The van der Waals surface area contributed by atoms with Crippen molar-refractivity contribution in [1.82, 2.24) is 5.32 Å². The normalized spacial score (nSPS) is 20.0. The molecule has 1 heterocycles. The van der Waals surface area contributed by atoms with Crippen LogP contribution in [0.5, 0.6) is 0 Å². The molecule has 0 unspecified atom stereocenters. The molecular weight excluding hydrogens is 266 g/mol. The third-order valence-electron chi connectivity index (χ3n) is 4.07. The average Bonchev–Trinajstić information content (AvgIpc) is 3.31. The number of nitrogens with one attached hydrogen (secondary N) is 1. The van der Waals surface area contributed by atoms with Crippen molar-refractivity contribution in [2.24, 2.45) is 5.16 Å². The van der Waals surface area contributed by atoms with Crippen molar-refractivity contribution in [2.45, 2.75) is 38.1 Å². The van der Waals surface area contributed by atoms with Crippen LogP contribution in [0.2, 0.25) is 0 Å². The maximum atomic E-state index is 11.9. The number of benzene rings is 1. The number of amides is 1. The van der Waals surface area contributed by atoms with Gasteiger partial charge in [0.1, 0.15) is 0 Å². The Bertz CT molecular complexity index is 552. The second kappa shape index (κ2) is 6.16. The first-order valence-electron chi connectivity index (χ1n) is 7.62. The molecule has 1 saturated carbocycles. The van der Waals surface area contributed by atoms with Crippen LogP contribution in [0.1, 0.15) is 37.7 Å². The van der Waals surface area contributed by atoms with Gasteiger partial charge in [-0.15, -0.1) is 0 Å². The highest BCUT2D eigenvalue weighted by Gasteiger charge is 2.24. The molecule has 0 saturated heterocycles. The Balaban J connectivity index is 1.70. The Kier molecular flexibility index (Phi) is 4.08. The minimum Gasteiger partial charge on any atom is -0.411 e. The SMILES string of the molecule is O=C(CCN1CCC/C(=N/O)c2ccccc21)NC1CC1. The molecule has 0 spiro atoms. The summed E-state index contributed by atoms with van der Waals surface area (Å²) in [6.45, 7) is 1.58. The second-order valence-electron chi connectivity index (χ2n) is 5.75. The summed E-state index contributed by atoms with van der Waals surface area (Å²) in [5.74, 6) is 0.135. The summed E-state index contributed by atoms with van der Waals surface area (Å²) in [7, 11) is 0. The molecule has 0 atom stereocenters. The Morgan fingerprint density at radius 3 is 2.95 bits per heavy atom. The number of carbonyl (C=O) groups is 1. The number of anilines is 1. The van der Waals surface area contributed by atoms with Crippen LogP contribution in [0.25, 0.3) is 0 Å². The molecule has 1 fully saturated rings. The monoisotopic (exact) mass is 287 g/mol.